The number of pyridine rings is 1. The predicted molar refractivity (Wildman–Crippen MR) is 167 cm³/mol. The van der Waals surface area contributed by atoms with Crippen molar-refractivity contribution in [2.75, 3.05) is 23.4 Å². The van der Waals surface area contributed by atoms with E-state index in [9.17, 15) is 49.1 Å². The van der Waals surface area contributed by atoms with Gasteiger partial charge in [-0.3, -0.25) is 9.69 Å². The zero-order valence-electron chi connectivity index (χ0n) is 27.7. The van der Waals surface area contributed by atoms with Crippen LogP contribution in [0.2, 0.25) is 0 Å². The number of benzene rings is 1. The molecule has 1 aliphatic heterocycles. The number of amides is 1. The van der Waals surface area contributed by atoms with Gasteiger partial charge in [0.15, 0.2) is 5.75 Å². The number of hydrogen-bond donors (Lipinski definition) is 2. The number of nitrogens with zero attached hydrogens (tertiary/aromatic N) is 5. The molecule has 1 aliphatic rings. The fraction of sp³-hybridized carbons (Fsp3) is 0.455. The second kappa shape index (κ2) is 16.5. The molecule has 0 aliphatic carbocycles. The summed E-state index contributed by atoms with van der Waals surface area (Å²) in [6.45, 7) is 1.31. The molecule has 4 rings (SSSR count). The van der Waals surface area contributed by atoms with Gasteiger partial charge in [-0.2, -0.15) is 44.8 Å². The number of nitrogens with one attached hydrogen (secondary N) is 1. The van der Waals surface area contributed by atoms with E-state index in [0.29, 0.717) is 18.2 Å². The molecule has 0 spiro atoms. The number of carboxylic acid groups (broad SMARTS) is 1. The van der Waals surface area contributed by atoms with Gasteiger partial charge in [0.25, 0.3) is 0 Å². The van der Waals surface area contributed by atoms with E-state index in [1.54, 1.807) is 6.92 Å². The minimum atomic E-state index is -5.13. The number of alkyl halides is 9. The first-order valence-corrected chi connectivity index (χ1v) is 16.0. The van der Waals surface area contributed by atoms with E-state index in [-0.39, 0.29) is 86.6 Å². The van der Waals surface area contributed by atoms with Crippen LogP contribution in [0.3, 0.4) is 0 Å². The van der Waals surface area contributed by atoms with Crippen molar-refractivity contribution >= 4 is 23.7 Å². The van der Waals surface area contributed by atoms with E-state index in [1.807, 2.05) is 6.07 Å². The number of nitriles is 1. The third-order valence-corrected chi connectivity index (χ3v) is 7.93. The second-order valence-electron chi connectivity index (χ2n) is 11.8. The summed E-state index contributed by atoms with van der Waals surface area (Å²) < 4.78 is 134. The van der Waals surface area contributed by atoms with Crippen molar-refractivity contribution in [3.8, 4) is 11.8 Å². The number of carboxylic acids is 1. The molecular formula is C33H31F9N6O5. The molecule has 0 radical (unpaired) electrons. The number of aromatic nitrogens is 3. The first-order chi connectivity index (χ1) is 24.8. The van der Waals surface area contributed by atoms with Crippen LogP contribution in [0, 0.1) is 11.3 Å². The van der Waals surface area contributed by atoms with Gasteiger partial charge in [0.05, 0.1) is 59.7 Å². The fourth-order valence-corrected chi connectivity index (χ4v) is 5.47. The normalized spacial score (nSPS) is 16.1. The van der Waals surface area contributed by atoms with Crippen LogP contribution >= 0.6 is 0 Å². The van der Waals surface area contributed by atoms with Crippen LogP contribution in [0.1, 0.15) is 85.3 Å². The van der Waals surface area contributed by atoms with Crippen LogP contribution in [0.4, 0.5) is 55.9 Å². The molecule has 20 heteroatoms. The Bertz CT molecular complexity index is 1800. The molecule has 3 aromatic rings. The summed E-state index contributed by atoms with van der Waals surface area (Å²) in [7, 11) is 0. The smallest absolute Gasteiger partial charge is 0.433 e. The van der Waals surface area contributed by atoms with Crippen LogP contribution < -0.4 is 15.0 Å². The van der Waals surface area contributed by atoms with Gasteiger partial charge in [0, 0.05) is 25.3 Å². The number of carbonyl (C=O) groups excluding carboxylic acids is 1. The Kier molecular flexibility index (Phi) is 12.6. The standard InChI is InChI=1S/C33H31F9N6O5/c1-2-21-16-23(28-24(7-8-26(47-28)33(40,41)42)48(21)30(51)53-11-5-6-27(49)50)46-29-44-17-25(52-10-4-3-9-43)22(45-29)14-18-12-19(31(34,35)36)15-20(13-18)32(37,38)39/h7-8,12-13,15,17,21,23H,2-6,10-11,14,16H2,1H3,(H,49,50)(H,44,45,46)/t21-,23+/m1/s1. The summed E-state index contributed by atoms with van der Waals surface area (Å²) in [5, 5.41) is 20.5. The summed E-state index contributed by atoms with van der Waals surface area (Å²) in [4.78, 5) is 37.3. The van der Waals surface area contributed by atoms with Crippen molar-refractivity contribution in [2.45, 2.75) is 82.5 Å². The first kappa shape index (κ1) is 40.4. The van der Waals surface area contributed by atoms with Crippen molar-refractivity contribution in [3.63, 3.8) is 0 Å². The lowest BCUT2D eigenvalue weighted by Crippen LogP contribution is -2.46. The number of ether oxygens (including phenoxy) is 2. The maximum atomic E-state index is 13.8. The van der Waals surface area contributed by atoms with Gasteiger partial charge < -0.3 is 19.9 Å². The lowest BCUT2D eigenvalue weighted by molar-refractivity contribution is -0.143. The quantitative estimate of drug-likeness (QED) is 0.129. The summed E-state index contributed by atoms with van der Waals surface area (Å²) in [5.41, 5.74) is -5.40. The lowest BCUT2D eigenvalue weighted by Gasteiger charge is -2.39. The SMILES string of the molecule is CC[C@@H]1C[C@H](Nc2ncc(OCCCC#N)c(Cc3cc(C(F)(F)F)cc(C(F)(F)F)c3)n2)c2nc(C(F)(F)F)ccc2N1C(=O)OCCCC(=O)O. The second-order valence-corrected chi connectivity index (χ2v) is 11.8. The Morgan fingerprint density at radius 3 is 2.25 bits per heavy atom. The zero-order chi connectivity index (χ0) is 39.1. The number of halogens is 9. The lowest BCUT2D eigenvalue weighted by atomic mass is 9.93. The van der Waals surface area contributed by atoms with Crippen molar-refractivity contribution < 1.29 is 63.7 Å². The van der Waals surface area contributed by atoms with E-state index in [0.717, 1.165) is 17.2 Å². The maximum absolute atomic E-state index is 13.8. The Labute approximate surface area is 295 Å². The predicted octanol–water partition coefficient (Wildman–Crippen LogP) is 8.34. The molecule has 286 valence electrons. The number of unbranched alkanes of at least 4 members (excludes halogenated alkanes) is 1. The number of hydrogen-bond acceptors (Lipinski definition) is 9. The van der Waals surface area contributed by atoms with Gasteiger partial charge >= 0.3 is 30.6 Å². The van der Waals surface area contributed by atoms with Crippen LogP contribution in [0.15, 0.2) is 36.5 Å². The first-order valence-electron chi connectivity index (χ1n) is 16.0. The molecule has 1 aromatic carbocycles. The van der Waals surface area contributed by atoms with Gasteiger partial charge in [-0.15, -0.1) is 0 Å². The largest absolute Gasteiger partial charge is 0.490 e. The summed E-state index contributed by atoms with van der Waals surface area (Å²) in [6.07, 6.45) is -15.6. The molecule has 2 N–H and O–H groups in total. The molecule has 2 atom stereocenters. The molecule has 0 unspecified atom stereocenters. The van der Waals surface area contributed by atoms with Crippen molar-refractivity contribution in [1.82, 2.24) is 15.0 Å². The highest BCUT2D eigenvalue weighted by atomic mass is 19.4. The van der Waals surface area contributed by atoms with Crippen molar-refractivity contribution in [1.29, 1.82) is 5.26 Å². The number of anilines is 2. The molecule has 2 aromatic heterocycles. The molecule has 0 fully saturated rings. The topological polar surface area (TPSA) is 151 Å². The Morgan fingerprint density at radius 1 is 0.981 bits per heavy atom. The van der Waals surface area contributed by atoms with E-state index in [1.165, 1.54) is 0 Å². The fourth-order valence-electron chi connectivity index (χ4n) is 5.47. The molecular weight excluding hydrogens is 731 g/mol. The van der Waals surface area contributed by atoms with Crippen molar-refractivity contribution in [3.05, 3.63) is 70.3 Å². The Balaban J connectivity index is 1.75. The monoisotopic (exact) mass is 762 g/mol. The van der Waals surface area contributed by atoms with Crippen LogP contribution in [-0.2, 0) is 34.5 Å². The molecule has 53 heavy (non-hydrogen) atoms. The van der Waals surface area contributed by atoms with Crippen LogP contribution in [-0.4, -0.2) is 51.4 Å². The van der Waals surface area contributed by atoms with Crippen molar-refractivity contribution in [2.24, 2.45) is 0 Å². The minimum absolute atomic E-state index is 0.0241. The molecule has 1 amide bonds. The molecule has 11 nitrogen and oxygen atoms in total. The van der Waals surface area contributed by atoms with E-state index in [2.05, 4.69) is 20.3 Å². The molecule has 0 bridgehead atoms. The van der Waals surface area contributed by atoms with Gasteiger partial charge in [-0.25, -0.2) is 19.7 Å². The van der Waals surface area contributed by atoms with Gasteiger partial charge in [0.1, 0.15) is 5.69 Å². The number of fused-ring (bicyclic) bond motifs is 1. The Hall–Kier alpha value is -5.35. The van der Waals surface area contributed by atoms with Gasteiger partial charge in [0.2, 0.25) is 5.95 Å². The van der Waals surface area contributed by atoms with Crippen LogP contribution in [0.25, 0.3) is 0 Å². The highest BCUT2D eigenvalue weighted by Gasteiger charge is 2.41. The van der Waals surface area contributed by atoms with Gasteiger partial charge in [-0.1, -0.05) is 6.92 Å². The number of rotatable bonds is 13. The third kappa shape index (κ3) is 10.6. The highest BCUT2D eigenvalue weighted by Crippen LogP contribution is 2.42. The third-order valence-electron chi connectivity index (χ3n) is 7.93. The van der Waals surface area contributed by atoms with Gasteiger partial charge in [-0.05, 0) is 61.6 Å². The molecule has 0 saturated heterocycles. The zero-order valence-corrected chi connectivity index (χ0v) is 27.7. The molecule has 3 heterocycles. The average Bonchev–Trinajstić information content (AvgIpc) is 3.07. The van der Waals surface area contributed by atoms with Crippen LogP contribution in [0.5, 0.6) is 5.75 Å². The van der Waals surface area contributed by atoms with E-state index < -0.39 is 71.5 Å². The molecule has 0 saturated carbocycles. The minimum Gasteiger partial charge on any atom is -0.490 e. The number of carbonyl (C=O) groups is 2. The van der Waals surface area contributed by atoms with E-state index in [4.69, 9.17) is 19.8 Å². The van der Waals surface area contributed by atoms with E-state index >= 15 is 0 Å². The average molecular weight is 763 g/mol. The summed E-state index contributed by atoms with van der Waals surface area (Å²) in [5.74, 6) is -1.57. The summed E-state index contributed by atoms with van der Waals surface area (Å²) >= 11 is 0. The maximum Gasteiger partial charge on any atom is 0.433 e. The highest BCUT2D eigenvalue weighted by molar-refractivity contribution is 5.90. The summed E-state index contributed by atoms with van der Waals surface area (Å²) in [6, 6.07) is 2.76. The number of aliphatic carboxylic acids is 1. The Morgan fingerprint density at radius 2 is 1.66 bits per heavy atom.